The fourth-order valence-corrected chi connectivity index (χ4v) is 2.84. The van der Waals surface area contributed by atoms with Crippen LogP contribution in [0.5, 0.6) is 11.5 Å². The maximum absolute atomic E-state index is 12.0. The summed E-state index contributed by atoms with van der Waals surface area (Å²) >= 11 is 0. The van der Waals surface area contributed by atoms with Crippen LogP contribution in [-0.4, -0.2) is 36.4 Å². The van der Waals surface area contributed by atoms with Crippen molar-refractivity contribution in [1.29, 1.82) is 0 Å². The zero-order chi connectivity index (χ0) is 16.9. The van der Waals surface area contributed by atoms with Gasteiger partial charge in [0.15, 0.2) is 6.61 Å². The minimum Gasteiger partial charge on any atom is -0.507 e. The van der Waals surface area contributed by atoms with Crippen molar-refractivity contribution in [2.45, 2.75) is 44.6 Å². The van der Waals surface area contributed by atoms with E-state index in [1.807, 2.05) is 6.92 Å². The number of ether oxygens (including phenoxy) is 3. The molecule has 6 nitrogen and oxygen atoms in total. The van der Waals surface area contributed by atoms with Crippen molar-refractivity contribution < 1.29 is 28.9 Å². The smallest absolute Gasteiger partial charge is 0.344 e. The second-order valence-corrected chi connectivity index (χ2v) is 5.68. The third-order valence-electron chi connectivity index (χ3n) is 4.22. The molecule has 0 bridgehead atoms. The third-order valence-corrected chi connectivity index (χ3v) is 4.22. The summed E-state index contributed by atoms with van der Waals surface area (Å²) in [4.78, 5) is 23.5. The summed E-state index contributed by atoms with van der Waals surface area (Å²) < 4.78 is 15.5. The molecule has 1 aromatic rings. The van der Waals surface area contributed by atoms with E-state index in [9.17, 15) is 14.7 Å². The van der Waals surface area contributed by atoms with Crippen LogP contribution < -0.4 is 4.74 Å². The predicted octanol–water partition coefficient (Wildman–Crippen LogP) is 2.82. The molecule has 0 aliphatic heterocycles. The van der Waals surface area contributed by atoms with Gasteiger partial charge < -0.3 is 19.3 Å². The largest absolute Gasteiger partial charge is 0.507 e. The molecule has 126 valence electrons. The molecule has 6 heteroatoms. The summed E-state index contributed by atoms with van der Waals surface area (Å²) in [5, 5.41) is 9.62. The number of hydrogen-bond donors (Lipinski definition) is 1. The van der Waals surface area contributed by atoms with Crippen LogP contribution in [0.3, 0.4) is 0 Å². The molecule has 2 rings (SSSR count). The highest BCUT2D eigenvalue weighted by Gasteiger charge is 2.35. The summed E-state index contributed by atoms with van der Waals surface area (Å²) in [6.07, 6.45) is 4.72. The first-order valence-corrected chi connectivity index (χ1v) is 7.75. The number of carbonyl (C=O) groups is 2. The van der Waals surface area contributed by atoms with Crippen molar-refractivity contribution in [3.63, 3.8) is 0 Å². The van der Waals surface area contributed by atoms with Crippen molar-refractivity contribution in [3.8, 4) is 11.5 Å². The number of methoxy groups -OCH3 is 1. The summed E-state index contributed by atoms with van der Waals surface area (Å²) in [5.74, 6) is -1.02. The molecule has 1 N–H and O–H groups in total. The SMILES string of the molecule is CCC1(OC(=O)COc2ccc(O)c(C(=O)OC)c2)CCCC1. The topological polar surface area (TPSA) is 82.1 Å². The van der Waals surface area contributed by atoms with Gasteiger partial charge in [-0.1, -0.05) is 6.92 Å². The average Bonchev–Trinajstić information content (AvgIpc) is 3.02. The Morgan fingerprint density at radius 2 is 1.96 bits per heavy atom. The van der Waals surface area contributed by atoms with Gasteiger partial charge in [-0.2, -0.15) is 0 Å². The van der Waals surface area contributed by atoms with Gasteiger partial charge in [0.1, 0.15) is 22.7 Å². The number of hydrogen-bond acceptors (Lipinski definition) is 6. The van der Waals surface area contributed by atoms with E-state index in [1.54, 1.807) is 0 Å². The van der Waals surface area contributed by atoms with E-state index < -0.39 is 11.9 Å². The highest BCUT2D eigenvalue weighted by molar-refractivity contribution is 5.92. The Balaban J connectivity index is 1.95. The zero-order valence-corrected chi connectivity index (χ0v) is 13.5. The van der Waals surface area contributed by atoms with Crippen LogP contribution in [0.1, 0.15) is 49.4 Å². The molecule has 1 aromatic carbocycles. The van der Waals surface area contributed by atoms with Crippen LogP contribution in [0.25, 0.3) is 0 Å². The molecule has 0 unspecified atom stereocenters. The number of aromatic hydroxyl groups is 1. The predicted molar refractivity (Wildman–Crippen MR) is 82.5 cm³/mol. The van der Waals surface area contributed by atoms with Gasteiger partial charge >= 0.3 is 11.9 Å². The molecule has 1 aliphatic carbocycles. The lowest BCUT2D eigenvalue weighted by atomic mass is 9.99. The molecule has 0 aromatic heterocycles. The molecule has 1 fully saturated rings. The van der Waals surface area contributed by atoms with Crippen LogP contribution in [-0.2, 0) is 14.3 Å². The lowest BCUT2D eigenvalue weighted by molar-refractivity contribution is -0.162. The normalized spacial score (nSPS) is 15.9. The van der Waals surface area contributed by atoms with Crippen molar-refractivity contribution in [2.24, 2.45) is 0 Å². The molecule has 23 heavy (non-hydrogen) atoms. The number of rotatable bonds is 6. The molecule has 1 saturated carbocycles. The standard InChI is InChI=1S/C17H22O6/c1-3-17(8-4-5-9-17)23-15(19)11-22-12-6-7-14(18)13(10-12)16(20)21-2/h6-7,10,18H,3-5,8-9,11H2,1-2H3. The van der Waals surface area contributed by atoms with Crippen molar-refractivity contribution in [2.75, 3.05) is 13.7 Å². The second kappa shape index (κ2) is 7.35. The molecule has 0 radical (unpaired) electrons. The first kappa shape index (κ1) is 17.1. The summed E-state index contributed by atoms with van der Waals surface area (Å²) in [6, 6.07) is 4.12. The number of esters is 2. The van der Waals surface area contributed by atoms with Crippen molar-refractivity contribution in [3.05, 3.63) is 23.8 Å². The van der Waals surface area contributed by atoms with Gasteiger partial charge in [-0.25, -0.2) is 9.59 Å². The number of phenols is 1. The van der Waals surface area contributed by atoms with Gasteiger partial charge in [0, 0.05) is 0 Å². The maximum Gasteiger partial charge on any atom is 0.344 e. The molecular weight excluding hydrogens is 300 g/mol. The van der Waals surface area contributed by atoms with E-state index in [0.717, 1.165) is 32.1 Å². The van der Waals surface area contributed by atoms with Gasteiger partial charge in [-0.15, -0.1) is 0 Å². The second-order valence-electron chi connectivity index (χ2n) is 5.68. The Morgan fingerprint density at radius 3 is 2.57 bits per heavy atom. The maximum atomic E-state index is 12.0. The Labute approximate surface area is 135 Å². The van der Waals surface area contributed by atoms with E-state index in [-0.39, 0.29) is 29.3 Å². The number of benzene rings is 1. The monoisotopic (exact) mass is 322 g/mol. The van der Waals surface area contributed by atoms with Gasteiger partial charge in [0.2, 0.25) is 0 Å². The fraction of sp³-hybridized carbons (Fsp3) is 0.529. The van der Waals surface area contributed by atoms with Crippen LogP contribution >= 0.6 is 0 Å². The van der Waals surface area contributed by atoms with Gasteiger partial charge in [0.05, 0.1) is 7.11 Å². The van der Waals surface area contributed by atoms with Gasteiger partial charge in [0.25, 0.3) is 0 Å². The summed E-state index contributed by atoms with van der Waals surface area (Å²) in [7, 11) is 1.22. The van der Waals surface area contributed by atoms with Crippen molar-refractivity contribution in [1.82, 2.24) is 0 Å². The quantitative estimate of drug-likeness (QED) is 0.811. The van der Waals surface area contributed by atoms with E-state index in [2.05, 4.69) is 4.74 Å². The van der Waals surface area contributed by atoms with E-state index in [4.69, 9.17) is 9.47 Å². The zero-order valence-electron chi connectivity index (χ0n) is 13.5. The molecule has 0 saturated heterocycles. The minimum atomic E-state index is -0.675. The molecule has 0 spiro atoms. The number of phenolic OH excluding ortho intramolecular Hbond substituents is 1. The molecule has 1 aliphatic rings. The Hall–Kier alpha value is -2.24. The summed E-state index contributed by atoms with van der Waals surface area (Å²) in [6.45, 7) is 1.77. The lowest BCUT2D eigenvalue weighted by Gasteiger charge is -2.27. The Morgan fingerprint density at radius 1 is 1.26 bits per heavy atom. The third kappa shape index (κ3) is 4.15. The Bertz CT molecular complexity index is 574. The van der Waals surface area contributed by atoms with Crippen LogP contribution in [0, 0.1) is 0 Å². The lowest BCUT2D eigenvalue weighted by Crippen LogP contribution is -2.33. The van der Waals surface area contributed by atoms with E-state index in [1.165, 1.54) is 25.3 Å². The Kier molecular flexibility index (Phi) is 5.47. The molecule has 0 amide bonds. The van der Waals surface area contributed by atoms with Gasteiger partial charge in [-0.3, -0.25) is 0 Å². The van der Waals surface area contributed by atoms with Crippen LogP contribution in [0.4, 0.5) is 0 Å². The van der Waals surface area contributed by atoms with Crippen LogP contribution in [0.15, 0.2) is 18.2 Å². The van der Waals surface area contributed by atoms with Crippen molar-refractivity contribution >= 4 is 11.9 Å². The molecular formula is C17H22O6. The number of carbonyl (C=O) groups excluding carboxylic acids is 2. The first-order chi connectivity index (χ1) is 11.0. The van der Waals surface area contributed by atoms with Crippen LogP contribution in [0.2, 0.25) is 0 Å². The van der Waals surface area contributed by atoms with E-state index >= 15 is 0 Å². The summed E-state index contributed by atoms with van der Waals surface area (Å²) in [5.41, 5.74) is -0.369. The molecule has 0 heterocycles. The van der Waals surface area contributed by atoms with E-state index in [0.29, 0.717) is 0 Å². The van der Waals surface area contributed by atoms with Gasteiger partial charge in [-0.05, 0) is 50.3 Å². The highest BCUT2D eigenvalue weighted by atomic mass is 16.6. The average molecular weight is 322 g/mol. The first-order valence-electron chi connectivity index (χ1n) is 7.75. The minimum absolute atomic E-state index is 0.0146. The fourth-order valence-electron chi connectivity index (χ4n) is 2.84. The molecule has 0 atom stereocenters. The highest BCUT2D eigenvalue weighted by Crippen LogP contribution is 2.36.